The third-order valence-corrected chi connectivity index (χ3v) is 1.07. The van der Waals surface area contributed by atoms with Gasteiger partial charge in [-0.05, 0) is 24.6 Å². The summed E-state index contributed by atoms with van der Waals surface area (Å²) in [5.41, 5.74) is 0.553. The molecule has 0 aliphatic heterocycles. The summed E-state index contributed by atoms with van der Waals surface area (Å²) in [5, 5.41) is 8.56. The van der Waals surface area contributed by atoms with Gasteiger partial charge in [0, 0.05) is 0 Å². The van der Waals surface area contributed by atoms with Gasteiger partial charge in [0.15, 0.2) is 0 Å². The van der Waals surface area contributed by atoms with Crippen LogP contribution in [0.25, 0.3) is 0 Å². The summed E-state index contributed by atoms with van der Waals surface area (Å²) in [7, 11) is 0. The Kier molecular flexibility index (Phi) is 4.50. The molecule has 0 aliphatic rings. The van der Waals surface area contributed by atoms with Gasteiger partial charge in [0.05, 0.1) is 6.61 Å². The highest BCUT2D eigenvalue weighted by Crippen LogP contribution is 2.03. The van der Waals surface area contributed by atoms with Crippen molar-refractivity contribution < 1.29 is 9.50 Å². The van der Waals surface area contributed by atoms with Crippen molar-refractivity contribution >= 4 is 0 Å². The van der Waals surface area contributed by atoms with Crippen molar-refractivity contribution in [2.75, 3.05) is 6.61 Å². The number of allylic oxidation sites excluding steroid dienone is 3. The minimum Gasteiger partial charge on any atom is -0.392 e. The van der Waals surface area contributed by atoms with Gasteiger partial charge in [0.2, 0.25) is 0 Å². The van der Waals surface area contributed by atoms with Crippen LogP contribution in [0.4, 0.5) is 4.39 Å². The standard InChI is InChI=1S/C8H11FO/c1-3-7(6-10)5-8(9)4-2/h3-5,10H,2,6H2,1H3/b7-3+,8-5+. The van der Waals surface area contributed by atoms with Crippen LogP contribution in [-0.4, -0.2) is 11.7 Å². The molecule has 0 saturated heterocycles. The van der Waals surface area contributed by atoms with Crippen molar-refractivity contribution in [3.05, 3.63) is 36.2 Å². The van der Waals surface area contributed by atoms with Crippen LogP contribution >= 0.6 is 0 Å². The molecule has 1 nitrogen and oxygen atoms in total. The molecular weight excluding hydrogens is 131 g/mol. The van der Waals surface area contributed by atoms with Gasteiger partial charge in [-0.25, -0.2) is 4.39 Å². The van der Waals surface area contributed by atoms with E-state index in [4.69, 9.17) is 5.11 Å². The summed E-state index contributed by atoms with van der Waals surface area (Å²) in [6, 6.07) is 0. The van der Waals surface area contributed by atoms with Gasteiger partial charge in [-0.2, -0.15) is 0 Å². The van der Waals surface area contributed by atoms with E-state index in [9.17, 15) is 4.39 Å². The Morgan fingerprint density at radius 2 is 2.30 bits per heavy atom. The fourth-order valence-corrected chi connectivity index (χ4v) is 0.456. The first-order chi connectivity index (χ1) is 4.74. The molecule has 0 rings (SSSR count). The van der Waals surface area contributed by atoms with Crippen LogP contribution in [-0.2, 0) is 0 Å². The molecule has 0 aromatic heterocycles. The lowest BCUT2D eigenvalue weighted by Gasteiger charge is -1.92. The van der Waals surface area contributed by atoms with Gasteiger partial charge in [-0.3, -0.25) is 0 Å². The van der Waals surface area contributed by atoms with E-state index < -0.39 is 5.83 Å². The summed E-state index contributed by atoms with van der Waals surface area (Å²) < 4.78 is 12.3. The Morgan fingerprint density at radius 3 is 2.60 bits per heavy atom. The molecule has 0 radical (unpaired) electrons. The lowest BCUT2D eigenvalue weighted by molar-refractivity contribution is 0.334. The van der Waals surface area contributed by atoms with Gasteiger partial charge in [-0.1, -0.05) is 12.7 Å². The van der Waals surface area contributed by atoms with E-state index in [0.29, 0.717) is 5.57 Å². The summed E-state index contributed by atoms with van der Waals surface area (Å²) in [4.78, 5) is 0. The van der Waals surface area contributed by atoms with E-state index in [1.54, 1.807) is 13.0 Å². The number of hydrogen-bond donors (Lipinski definition) is 1. The van der Waals surface area contributed by atoms with E-state index in [1.807, 2.05) is 0 Å². The van der Waals surface area contributed by atoms with E-state index >= 15 is 0 Å². The largest absolute Gasteiger partial charge is 0.392 e. The van der Waals surface area contributed by atoms with Gasteiger partial charge in [-0.15, -0.1) is 0 Å². The van der Waals surface area contributed by atoms with E-state index in [2.05, 4.69) is 6.58 Å². The minimum atomic E-state index is -0.429. The maximum atomic E-state index is 12.3. The molecule has 2 heteroatoms. The van der Waals surface area contributed by atoms with Crippen LogP contribution in [0, 0.1) is 0 Å². The number of hydrogen-bond acceptors (Lipinski definition) is 1. The lowest BCUT2D eigenvalue weighted by Crippen LogP contribution is -1.85. The van der Waals surface area contributed by atoms with Crippen molar-refractivity contribution in [1.29, 1.82) is 0 Å². The zero-order valence-corrected chi connectivity index (χ0v) is 5.97. The fourth-order valence-electron chi connectivity index (χ4n) is 0.456. The molecule has 0 amide bonds. The average Bonchev–Trinajstić information content (AvgIpc) is 1.99. The van der Waals surface area contributed by atoms with Crippen molar-refractivity contribution in [3.63, 3.8) is 0 Å². The molecule has 0 bridgehead atoms. The third kappa shape index (κ3) is 3.20. The van der Waals surface area contributed by atoms with Crippen molar-refractivity contribution in [3.8, 4) is 0 Å². The number of aliphatic hydroxyl groups is 1. The van der Waals surface area contributed by atoms with Crippen molar-refractivity contribution in [2.45, 2.75) is 6.92 Å². The van der Waals surface area contributed by atoms with Crippen LogP contribution in [0.15, 0.2) is 36.2 Å². The highest BCUT2D eigenvalue weighted by Gasteiger charge is 1.89. The quantitative estimate of drug-likeness (QED) is 0.597. The normalized spacial score (nSPS) is 13.5. The highest BCUT2D eigenvalue weighted by atomic mass is 19.1. The molecule has 0 aromatic rings. The van der Waals surface area contributed by atoms with Crippen molar-refractivity contribution in [1.82, 2.24) is 0 Å². The predicted octanol–water partition coefficient (Wildman–Crippen LogP) is 1.96. The van der Waals surface area contributed by atoms with Gasteiger partial charge in [0.1, 0.15) is 5.83 Å². The molecule has 0 heterocycles. The van der Waals surface area contributed by atoms with Gasteiger partial charge < -0.3 is 5.11 Å². The molecule has 0 atom stereocenters. The van der Waals surface area contributed by atoms with Crippen LogP contribution in [0.5, 0.6) is 0 Å². The lowest BCUT2D eigenvalue weighted by atomic mass is 10.2. The Labute approximate surface area is 60.2 Å². The van der Waals surface area contributed by atoms with Gasteiger partial charge >= 0.3 is 0 Å². The highest BCUT2D eigenvalue weighted by molar-refractivity contribution is 5.24. The topological polar surface area (TPSA) is 20.2 Å². The number of rotatable bonds is 3. The monoisotopic (exact) mass is 142 g/mol. The zero-order valence-electron chi connectivity index (χ0n) is 5.97. The van der Waals surface area contributed by atoms with Crippen molar-refractivity contribution in [2.24, 2.45) is 0 Å². The van der Waals surface area contributed by atoms with E-state index in [0.717, 1.165) is 6.08 Å². The first-order valence-electron chi connectivity index (χ1n) is 3.00. The first kappa shape index (κ1) is 9.11. The molecule has 56 valence electrons. The molecule has 0 fully saturated rings. The number of aliphatic hydroxyl groups excluding tert-OH is 1. The summed E-state index contributed by atoms with van der Waals surface area (Å²) >= 11 is 0. The molecule has 0 unspecified atom stereocenters. The van der Waals surface area contributed by atoms with Crippen LogP contribution in [0.1, 0.15) is 6.92 Å². The molecule has 0 aliphatic carbocycles. The van der Waals surface area contributed by atoms with E-state index in [-0.39, 0.29) is 6.61 Å². The molecule has 0 aromatic carbocycles. The van der Waals surface area contributed by atoms with Crippen LogP contribution < -0.4 is 0 Å². The Morgan fingerprint density at radius 1 is 1.70 bits per heavy atom. The van der Waals surface area contributed by atoms with E-state index in [1.165, 1.54) is 6.08 Å². The number of halogens is 1. The van der Waals surface area contributed by atoms with Crippen LogP contribution in [0.3, 0.4) is 0 Å². The average molecular weight is 142 g/mol. The smallest absolute Gasteiger partial charge is 0.122 e. The molecule has 10 heavy (non-hydrogen) atoms. The second kappa shape index (κ2) is 4.94. The Hall–Kier alpha value is -0.890. The minimum absolute atomic E-state index is 0.141. The van der Waals surface area contributed by atoms with Crippen LogP contribution in [0.2, 0.25) is 0 Å². The molecule has 0 saturated carbocycles. The molecular formula is C8H11FO. The second-order valence-electron chi connectivity index (χ2n) is 1.76. The summed E-state index contributed by atoms with van der Waals surface area (Å²) in [6.07, 6.45) is 3.98. The fraction of sp³-hybridized carbons (Fsp3) is 0.250. The maximum Gasteiger partial charge on any atom is 0.122 e. The molecule has 1 N–H and O–H groups in total. The first-order valence-corrected chi connectivity index (χ1v) is 3.00. The SMILES string of the molecule is C=C/C(F)=C\C(=C/C)CO. The summed E-state index contributed by atoms with van der Waals surface area (Å²) in [6.45, 7) is 4.82. The van der Waals surface area contributed by atoms with Gasteiger partial charge in [0.25, 0.3) is 0 Å². The summed E-state index contributed by atoms with van der Waals surface area (Å²) in [5.74, 6) is -0.429. The molecule has 0 spiro atoms. The zero-order chi connectivity index (χ0) is 7.98. The maximum absolute atomic E-state index is 12.3. The third-order valence-electron chi connectivity index (χ3n) is 1.07. The Bertz CT molecular complexity index is 168. The predicted molar refractivity (Wildman–Crippen MR) is 40.2 cm³/mol. The second-order valence-corrected chi connectivity index (χ2v) is 1.76. The Balaban J connectivity index is 4.22.